The van der Waals surface area contributed by atoms with Gasteiger partial charge in [0.05, 0.1) is 0 Å². The largest absolute Gasteiger partial charge is 0.504 e. The Kier molecular flexibility index (Phi) is 6.22. The quantitative estimate of drug-likeness (QED) is 0.410. The second-order valence-corrected chi connectivity index (χ2v) is 3.29. The molecule has 0 bridgehead atoms. The first kappa shape index (κ1) is 16.6. The van der Waals surface area contributed by atoms with Gasteiger partial charge in [-0.05, 0) is 24.3 Å². The summed E-state index contributed by atoms with van der Waals surface area (Å²) in [6.45, 7) is 0. The van der Waals surface area contributed by atoms with E-state index in [4.69, 9.17) is 30.6 Å². The third kappa shape index (κ3) is 4.40. The molecule has 0 heterocycles. The van der Waals surface area contributed by atoms with Gasteiger partial charge < -0.3 is 30.6 Å². The lowest BCUT2D eigenvalue weighted by molar-refractivity contribution is 0.368. The maximum atomic E-state index is 8.71. The van der Waals surface area contributed by atoms with Crippen molar-refractivity contribution in [2.24, 2.45) is 0 Å². The monoisotopic (exact) mass is 286 g/mol. The Hall–Kier alpha value is -2.41. The second kappa shape index (κ2) is 7.12. The number of phenols is 6. The molecule has 2 rings (SSSR count). The van der Waals surface area contributed by atoms with Crippen molar-refractivity contribution in [3.05, 3.63) is 36.4 Å². The van der Waals surface area contributed by atoms with E-state index >= 15 is 0 Å². The highest BCUT2D eigenvalue weighted by Gasteiger charge is 2.01. The molecule has 2 aromatic carbocycles. The molecule has 0 spiro atoms. The number of phenolic OH excluding ortho intramolecular Hbond substituents is 6. The molecule has 0 aliphatic heterocycles. The number of rotatable bonds is 0. The van der Waals surface area contributed by atoms with E-state index < -0.39 is 11.5 Å². The highest BCUT2D eigenvalue weighted by molar-refractivity contribution is 7.59. The summed E-state index contributed by atoms with van der Waals surface area (Å²) in [6, 6.07) is 8.02. The molecule has 0 saturated carbocycles. The maximum absolute atomic E-state index is 8.71. The van der Waals surface area contributed by atoms with Gasteiger partial charge in [0.2, 0.25) is 0 Å². The van der Waals surface area contributed by atoms with Gasteiger partial charge in [-0.1, -0.05) is 12.1 Å². The van der Waals surface area contributed by atoms with Crippen LogP contribution < -0.4 is 0 Å². The standard InChI is InChI=1S/2C6H6O3.H2S/c2*7-4-2-1-3-5(8)6(4)9;/h2*1-3,7-9H;1H2. The average Bonchev–Trinajstić information content (AvgIpc) is 2.34. The number of hydrogen-bond donors (Lipinski definition) is 6. The molecule has 0 saturated heterocycles. The summed E-state index contributed by atoms with van der Waals surface area (Å²) in [6.07, 6.45) is 0. The van der Waals surface area contributed by atoms with E-state index in [0.717, 1.165) is 0 Å². The molecule has 0 aromatic heterocycles. The van der Waals surface area contributed by atoms with Gasteiger partial charge in [0, 0.05) is 0 Å². The molecule has 6 N–H and O–H groups in total. The fourth-order valence-corrected chi connectivity index (χ4v) is 1.04. The Morgan fingerprint density at radius 2 is 0.684 bits per heavy atom. The topological polar surface area (TPSA) is 121 Å². The zero-order valence-corrected chi connectivity index (χ0v) is 10.6. The summed E-state index contributed by atoms with van der Waals surface area (Å²) in [5, 5.41) is 52.2. The van der Waals surface area contributed by atoms with Crippen LogP contribution in [0.5, 0.6) is 34.5 Å². The first-order valence-electron chi connectivity index (χ1n) is 4.83. The predicted octanol–water partition coefficient (Wildman–Crippen LogP) is 1.72. The van der Waals surface area contributed by atoms with Crippen molar-refractivity contribution in [3.63, 3.8) is 0 Å². The Morgan fingerprint density at radius 1 is 0.474 bits per heavy atom. The van der Waals surface area contributed by atoms with Crippen molar-refractivity contribution in [2.45, 2.75) is 0 Å². The van der Waals surface area contributed by atoms with Crippen molar-refractivity contribution in [1.82, 2.24) is 0 Å². The summed E-state index contributed by atoms with van der Waals surface area (Å²) in [7, 11) is 0. The van der Waals surface area contributed by atoms with Crippen LogP contribution >= 0.6 is 13.5 Å². The van der Waals surface area contributed by atoms with Gasteiger partial charge in [0.25, 0.3) is 0 Å². The summed E-state index contributed by atoms with van der Waals surface area (Å²) >= 11 is 0. The molecule has 0 radical (unpaired) electrons. The van der Waals surface area contributed by atoms with E-state index in [1.165, 1.54) is 36.4 Å². The first-order chi connectivity index (χ1) is 8.43. The molecule has 0 aliphatic rings. The van der Waals surface area contributed by atoms with E-state index in [-0.39, 0.29) is 36.5 Å². The van der Waals surface area contributed by atoms with Crippen LogP contribution in [0.15, 0.2) is 36.4 Å². The molecule has 104 valence electrons. The van der Waals surface area contributed by atoms with Gasteiger partial charge in [0.15, 0.2) is 34.5 Å². The lowest BCUT2D eigenvalue weighted by Gasteiger charge is -1.96. The fourth-order valence-electron chi connectivity index (χ4n) is 1.04. The summed E-state index contributed by atoms with van der Waals surface area (Å²) in [4.78, 5) is 0. The van der Waals surface area contributed by atoms with Crippen molar-refractivity contribution < 1.29 is 30.6 Å². The molecule has 0 aliphatic carbocycles. The zero-order valence-electron chi connectivity index (χ0n) is 9.65. The zero-order chi connectivity index (χ0) is 13.7. The normalized spacial score (nSPS) is 8.84. The highest BCUT2D eigenvalue weighted by atomic mass is 32.1. The Bertz CT molecular complexity index is 454. The van der Waals surface area contributed by atoms with Crippen LogP contribution in [0.2, 0.25) is 0 Å². The Labute approximate surface area is 115 Å². The maximum Gasteiger partial charge on any atom is 0.200 e. The van der Waals surface area contributed by atoms with Gasteiger partial charge >= 0.3 is 0 Å². The van der Waals surface area contributed by atoms with Crippen molar-refractivity contribution in [3.8, 4) is 34.5 Å². The van der Waals surface area contributed by atoms with Gasteiger partial charge in [-0.15, -0.1) is 0 Å². The molecule has 19 heavy (non-hydrogen) atoms. The van der Waals surface area contributed by atoms with E-state index in [2.05, 4.69) is 0 Å². The van der Waals surface area contributed by atoms with Crippen LogP contribution in [0.1, 0.15) is 0 Å². The van der Waals surface area contributed by atoms with Crippen LogP contribution in [-0.4, -0.2) is 30.6 Å². The lowest BCUT2D eigenvalue weighted by Crippen LogP contribution is -1.67. The number of para-hydroxylation sites is 2. The number of hydrogen-bond acceptors (Lipinski definition) is 6. The van der Waals surface area contributed by atoms with E-state index in [9.17, 15) is 0 Å². The van der Waals surface area contributed by atoms with Crippen molar-refractivity contribution in [1.29, 1.82) is 0 Å². The average molecular weight is 286 g/mol. The van der Waals surface area contributed by atoms with Gasteiger partial charge in [-0.3, -0.25) is 0 Å². The Balaban J connectivity index is 0.000000324. The minimum atomic E-state index is -0.475. The van der Waals surface area contributed by atoms with Crippen LogP contribution in [0, 0.1) is 0 Å². The third-order valence-electron chi connectivity index (χ3n) is 1.99. The summed E-state index contributed by atoms with van der Waals surface area (Å²) < 4.78 is 0. The summed E-state index contributed by atoms with van der Waals surface area (Å²) in [5.74, 6) is -2.19. The minimum Gasteiger partial charge on any atom is -0.504 e. The van der Waals surface area contributed by atoms with Gasteiger partial charge in [-0.25, -0.2) is 0 Å². The second-order valence-electron chi connectivity index (χ2n) is 3.29. The molecule has 6 nitrogen and oxygen atoms in total. The molecule has 2 aromatic rings. The highest BCUT2D eigenvalue weighted by Crippen LogP contribution is 2.33. The SMILES string of the molecule is Oc1cccc(O)c1O.Oc1cccc(O)c1O.S. The molecule has 0 amide bonds. The van der Waals surface area contributed by atoms with Crippen LogP contribution in [0.25, 0.3) is 0 Å². The van der Waals surface area contributed by atoms with Crippen molar-refractivity contribution >= 4 is 13.5 Å². The summed E-state index contributed by atoms with van der Waals surface area (Å²) in [5.41, 5.74) is 0. The van der Waals surface area contributed by atoms with Crippen LogP contribution in [-0.2, 0) is 0 Å². The van der Waals surface area contributed by atoms with E-state index in [0.29, 0.717) is 0 Å². The lowest BCUT2D eigenvalue weighted by atomic mass is 10.3. The van der Waals surface area contributed by atoms with Crippen LogP contribution in [0.4, 0.5) is 0 Å². The molecule has 0 fully saturated rings. The van der Waals surface area contributed by atoms with Gasteiger partial charge in [0.1, 0.15) is 0 Å². The first-order valence-corrected chi connectivity index (χ1v) is 4.83. The molecule has 0 atom stereocenters. The Morgan fingerprint density at radius 3 is 0.842 bits per heavy atom. The number of aromatic hydroxyl groups is 6. The smallest absolute Gasteiger partial charge is 0.200 e. The molecular formula is C12H14O6S. The van der Waals surface area contributed by atoms with Crippen LogP contribution in [0.3, 0.4) is 0 Å². The third-order valence-corrected chi connectivity index (χ3v) is 1.99. The predicted molar refractivity (Wildman–Crippen MR) is 73.3 cm³/mol. The fraction of sp³-hybridized carbons (Fsp3) is 0. The van der Waals surface area contributed by atoms with Gasteiger partial charge in [-0.2, -0.15) is 13.5 Å². The number of benzene rings is 2. The molecule has 0 unspecified atom stereocenters. The minimum absolute atomic E-state index is 0. The van der Waals surface area contributed by atoms with E-state index in [1.807, 2.05) is 0 Å². The van der Waals surface area contributed by atoms with E-state index in [1.54, 1.807) is 0 Å². The molecular weight excluding hydrogens is 272 g/mol. The molecule has 7 heteroatoms. The van der Waals surface area contributed by atoms with Crippen molar-refractivity contribution in [2.75, 3.05) is 0 Å².